The van der Waals surface area contributed by atoms with E-state index in [1.165, 1.54) is 16.7 Å². The van der Waals surface area contributed by atoms with Crippen molar-refractivity contribution in [2.75, 3.05) is 17.2 Å². The van der Waals surface area contributed by atoms with E-state index in [-0.39, 0.29) is 36.3 Å². The highest BCUT2D eigenvalue weighted by molar-refractivity contribution is 7.99. The lowest BCUT2D eigenvalue weighted by atomic mass is 9.98. The molecule has 1 amide bonds. The summed E-state index contributed by atoms with van der Waals surface area (Å²) in [7, 11) is 0. The molecular formula is C31H33FN8O6S. The molecule has 0 aliphatic heterocycles. The Morgan fingerprint density at radius 1 is 1.23 bits per heavy atom. The van der Waals surface area contributed by atoms with Gasteiger partial charge < -0.3 is 20.1 Å². The minimum atomic E-state index is -1.35. The Kier molecular flexibility index (Phi) is 10.6. The number of esters is 1. The van der Waals surface area contributed by atoms with E-state index >= 15 is 4.39 Å². The number of nitrogens with zero attached hydrogens (tertiary/aromatic N) is 6. The fourth-order valence-electron chi connectivity index (χ4n) is 4.41. The van der Waals surface area contributed by atoms with E-state index < -0.39 is 40.7 Å². The Labute approximate surface area is 273 Å². The number of benzene rings is 2. The number of H-pyrrole nitrogens is 1. The molecule has 16 heteroatoms. The molecular weight excluding hydrogens is 631 g/mol. The second-order valence-corrected chi connectivity index (χ2v) is 12.6. The number of hydrogen-bond acceptors (Lipinski definition) is 11. The molecule has 47 heavy (non-hydrogen) atoms. The number of aromatic nitrogens is 6. The zero-order valence-corrected chi connectivity index (χ0v) is 27.1. The average molecular weight is 665 g/mol. The molecule has 0 fully saturated rings. The summed E-state index contributed by atoms with van der Waals surface area (Å²) >= 11 is 0.950. The lowest BCUT2D eigenvalue weighted by molar-refractivity contribution is -0.157. The van der Waals surface area contributed by atoms with Crippen LogP contribution >= 0.6 is 11.8 Å². The van der Waals surface area contributed by atoms with Gasteiger partial charge in [-0.25, -0.2) is 14.2 Å². The van der Waals surface area contributed by atoms with Crippen LogP contribution in [0.25, 0.3) is 10.9 Å². The number of thioether (sulfide) groups is 1. The minimum absolute atomic E-state index is 0.0655. The van der Waals surface area contributed by atoms with E-state index in [2.05, 4.69) is 36.8 Å². The van der Waals surface area contributed by atoms with Crippen LogP contribution in [0, 0.1) is 37.4 Å². The Bertz CT molecular complexity index is 1920. The third-order valence-corrected chi connectivity index (χ3v) is 7.99. The largest absolute Gasteiger partial charge is 0.480 e. The average Bonchev–Trinajstić information content (AvgIpc) is 3.52. The highest BCUT2D eigenvalue weighted by Crippen LogP contribution is 2.24. The van der Waals surface area contributed by atoms with Crippen LogP contribution in [0.1, 0.15) is 48.1 Å². The molecule has 4 aromatic rings. The van der Waals surface area contributed by atoms with E-state index in [4.69, 9.17) is 11.2 Å². The highest BCUT2D eigenvalue weighted by Gasteiger charge is 2.25. The number of ether oxygens (including phenoxy) is 1. The Morgan fingerprint density at radius 2 is 1.98 bits per heavy atom. The summed E-state index contributed by atoms with van der Waals surface area (Å²) in [5.41, 5.74) is 0.833. The number of rotatable bonds is 12. The zero-order chi connectivity index (χ0) is 34.5. The number of nitrogens with one attached hydrogen (secondary N) is 2. The first-order valence-electron chi connectivity index (χ1n) is 14.2. The van der Waals surface area contributed by atoms with E-state index in [1.807, 2.05) is 6.92 Å². The number of fused-ring (bicyclic) bond motifs is 1. The van der Waals surface area contributed by atoms with Crippen molar-refractivity contribution < 1.29 is 28.6 Å². The van der Waals surface area contributed by atoms with Gasteiger partial charge in [0, 0.05) is 18.0 Å². The Hall–Kier alpha value is -5.30. The molecule has 246 valence electrons. The normalized spacial score (nSPS) is 11.9. The Balaban J connectivity index is 1.56. The van der Waals surface area contributed by atoms with Gasteiger partial charge in [0.05, 0.1) is 28.4 Å². The van der Waals surface area contributed by atoms with Gasteiger partial charge in [0.15, 0.2) is 6.73 Å². The number of anilines is 1. The van der Waals surface area contributed by atoms with Crippen molar-refractivity contribution in [2.45, 2.75) is 59.1 Å². The standard InChI is InChI=1S/C31H33FN8O6S/c1-7-10-39(20-8-9-21(23(32)13-20)26(41)34-25(28(43)44)15-47-30-35-37-38-36-30)14-19-12-22-24(11-17(19)2)33-18(3)40(27(22)42)16-46-29(45)31(4,5)6/h1,8-9,11-13,25H,10,14-16H2,2-6H3,(H,34,41)(H,43,44)(H,35,36,37,38)/t25-/m1/s1. The van der Waals surface area contributed by atoms with E-state index in [0.717, 1.165) is 23.4 Å². The molecule has 2 heterocycles. The van der Waals surface area contributed by atoms with Crippen molar-refractivity contribution in [3.05, 3.63) is 69.0 Å². The van der Waals surface area contributed by atoms with Crippen LogP contribution in [0.4, 0.5) is 10.1 Å². The second kappa shape index (κ2) is 14.4. The number of amides is 1. The first kappa shape index (κ1) is 34.6. The number of aromatic amines is 1. The van der Waals surface area contributed by atoms with Crippen molar-refractivity contribution in [3.8, 4) is 12.3 Å². The van der Waals surface area contributed by atoms with E-state index in [0.29, 0.717) is 28.0 Å². The number of terminal acetylenes is 1. The third kappa shape index (κ3) is 8.30. The predicted molar refractivity (Wildman–Crippen MR) is 171 cm³/mol. The predicted octanol–water partition coefficient (Wildman–Crippen LogP) is 2.83. The lowest BCUT2D eigenvalue weighted by Crippen LogP contribution is -2.42. The lowest BCUT2D eigenvalue weighted by Gasteiger charge is -2.24. The maximum Gasteiger partial charge on any atom is 0.327 e. The number of aliphatic carboxylic acids is 1. The number of carboxylic acids is 1. The number of carboxylic acid groups (broad SMARTS) is 1. The smallest absolute Gasteiger partial charge is 0.327 e. The molecule has 2 aromatic carbocycles. The number of halogens is 1. The summed E-state index contributed by atoms with van der Waals surface area (Å²) in [6, 6.07) is 5.97. The maximum absolute atomic E-state index is 15.3. The minimum Gasteiger partial charge on any atom is -0.480 e. The van der Waals surface area contributed by atoms with Crippen molar-refractivity contribution in [2.24, 2.45) is 5.41 Å². The molecule has 0 bridgehead atoms. The van der Waals surface area contributed by atoms with Gasteiger partial charge in [0.1, 0.15) is 17.7 Å². The summed E-state index contributed by atoms with van der Waals surface area (Å²) < 4.78 is 22.0. The van der Waals surface area contributed by atoms with Gasteiger partial charge in [0.2, 0.25) is 5.16 Å². The van der Waals surface area contributed by atoms with Crippen molar-refractivity contribution in [3.63, 3.8) is 0 Å². The summed E-state index contributed by atoms with van der Waals surface area (Å²) in [6.07, 6.45) is 5.63. The van der Waals surface area contributed by atoms with Crippen LogP contribution in [0.3, 0.4) is 0 Å². The van der Waals surface area contributed by atoms with E-state index in [1.54, 1.807) is 44.7 Å². The molecule has 0 spiro atoms. The fourth-order valence-corrected chi connectivity index (χ4v) is 5.16. The van der Waals surface area contributed by atoms with E-state index in [9.17, 15) is 24.3 Å². The summed E-state index contributed by atoms with van der Waals surface area (Å²) in [4.78, 5) is 56.5. The summed E-state index contributed by atoms with van der Waals surface area (Å²) in [5.74, 6) is -0.788. The number of carbonyl (C=O) groups excluding carboxylic acids is 2. The van der Waals surface area contributed by atoms with Gasteiger partial charge in [-0.2, -0.15) is 5.21 Å². The molecule has 14 nitrogen and oxygen atoms in total. The van der Waals surface area contributed by atoms with Crippen molar-refractivity contribution in [1.29, 1.82) is 0 Å². The summed E-state index contributed by atoms with van der Waals surface area (Å²) in [5, 5.41) is 25.4. The highest BCUT2D eigenvalue weighted by atomic mass is 32.2. The van der Waals surface area contributed by atoms with Crippen molar-refractivity contribution in [1.82, 2.24) is 35.5 Å². The number of aryl methyl sites for hydroxylation is 2. The number of carbonyl (C=O) groups is 3. The molecule has 0 unspecified atom stereocenters. The number of hydrogen-bond donors (Lipinski definition) is 3. The summed E-state index contributed by atoms with van der Waals surface area (Å²) in [6.45, 7) is 8.59. The number of tetrazole rings is 1. The Morgan fingerprint density at radius 3 is 2.60 bits per heavy atom. The molecule has 0 saturated carbocycles. The molecule has 3 N–H and O–H groups in total. The molecule has 4 rings (SSSR count). The SMILES string of the molecule is C#CCN(Cc1cc2c(=O)n(COC(=O)C(C)(C)C)c(C)nc2cc1C)c1ccc(C(=O)N[C@H](CSc2nn[nH]n2)C(=O)O)c(F)c1. The molecule has 0 aliphatic carbocycles. The van der Waals surface area contributed by atoms with Gasteiger partial charge in [0.25, 0.3) is 11.5 Å². The second-order valence-electron chi connectivity index (χ2n) is 11.6. The topological polar surface area (TPSA) is 185 Å². The molecule has 2 aromatic heterocycles. The monoisotopic (exact) mass is 664 g/mol. The first-order valence-corrected chi connectivity index (χ1v) is 15.2. The van der Waals surface area contributed by atoms with Crippen LogP contribution in [0.15, 0.2) is 40.3 Å². The van der Waals surface area contributed by atoms with Crippen LogP contribution in [0.2, 0.25) is 0 Å². The molecule has 0 saturated heterocycles. The first-order chi connectivity index (χ1) is 22.2. The van der Waals surface area contributed by atoms with Gasteiger partial charge >= 0.3 is 11.9 Å². The molecule has 0 radical (unpaired) electrons. The fraction of sp³-hybridized carbons (Fsp3) is 0.355. The molecule has 0 aliphatic rings. The maximum atomic E-state index is 15.3. The zero-order valence-electron chi connectivity index (χ0n) is 26.3. The third-order valence-electron chi connectivity index (χ3n) is 7.05. The van der Waals surface area contributed by atoms with Crippen LogP contribution in [-0.4, -0.2) is 71.5 Å². The van der Waals surface area contributed by atoms with Crippen LogP contribution < -0.4 is 15.8 Å². The van der Waals surface area contributed by atoms with Crippen LogP contribution in [-0.2, 0) is 27.6 Å². The quantitative estimate of drug-likeness (QED) is 0.114. The van der Waals surface area contributed by atoms with Crippen molar-refractivity contribution >= 4 is 46.2 Å². The molecule has 1 atom stereocenters. The van der Waals surface area contributed by atoms with Crippen LogP contribution in [0.5, 0.6) is 0 Å². The van der Waals surface area contributed by atoms with Gasteiger partial charge in [-0.1, -0.05) is 17.7 Å². The van der Waals surface area contributed by atoms with Gasteiger partial charge in [-0.3, -0.25) is 19.0 Å². The van der Waals surface area contributed by atoms with Gasteiger partial charge in [-0.05, 0) is 81.3 Å². The van der Waals surface area contributed by atoms with Gasteiger partial charge in [-0.15, -0.1) is 16.6 Å².